The molecule has 1 aromatic carbocycles. The summed E-state index contributed by atoms with van der Waals surface area (Å²) in [4.78, 5) is 48.1. The lowest BCUT2D eigenvalue weighted by Gasteiger charge is -2.38. The maximum atomic E-state index is 13.2. The summed E-state index contributed by atoms with van der Waals surface area (Å²) in [6, 6.07) is 7.08. The van der Waals surface area contributed by atoms with Gasteiger partial charge in [-0.2, -0.15) is 0 Å². The molecule has 1 unspecified atom stereocenters. The van der Waals surface area contributed by atoms with E-state index < -0.39 is 12.0 Å². The monoisotopic (exact) mass is 498 g/mol. The number of thioether (sulfide) groups is 1. The molecule has 0 radical (unpaired) electrons. The number of fused-ring (bicyclic) bond motifs is 1. The van der Waals surface area contributed by atoms with Crippen molar-refractivity contribution in [3.8, 4) is 5.75 Å². The zero-order chi connectivity index (χ0) is 25.1. The second-order valence-corrected chi connectivity index (χ2v) is 9.27. The van der Waals surface area contributed by atoms with E-state index in [1.54, 1.807) is 23.8 Å². The molecule has 1 fully saturated rings. The topological polar surface area (TPSA) is 91.8 Å². The zero-order valence-corrected chi connectivity index (χ0v) is 21.3. The number of rotatable bonds is 6. The van der Waals surface area contributed by atoms with Gasteiger partial charge in [0.25, 0.3) is 0 Å². The third-order valence-electron chi connectivity index (χ3n) is 6.47. The average Bonchev–Trinajstić information content (AvgIpc) is 3.29. The number of aliphatic imine (C=N–C) groups is 1. The molecule has 0 spiro atoms. The first-order chi connectivity index (χ1) is 16.9. The van der Waals surface area contributed by atoms with Gasteiger partial charge in [-0.25, -0.2) is 9.79 Å². The van der Waals surface area contributed by atoms with Crippen LogP contribution >= 0.6 is 11.8 Å². The molecule has 3 aliphatic rings. The van der Waals surface area contributed by atoms with E-state index in [4.69, 9.17) is 14.5 Å². The number of ether oxygens (including phenoxy) is 2. The van der Waals surface area contributed by atoms with E-state index in [1.807, 2.05) is 41.5 Å². The summed E-state index contributed by atoms with van der Waals surface area (Å²) in [6.45, 7) is 5.60. The fraction of sp³-hybridized carbons (Fsp3) is 0.440. The Kier molecular flexibility index (Phi) is 7.49. The van der Waals surface area contributed by atoms with Crippen molar-refractivity contribution in [3.05, 3.63) is 52.2 Å². The molecule has 0 bridgehead atoms. The first kappa shape index (κ1) is 24.8. The zero-order valence-electron chi connectivity index (χ0n) is 20.4. The molecule has 10 heteroatoms. The van der Waals surface area contributed by atoms with Crippen LogP contribution in [0.1, 0.15) is 38.3 Å². The van der Waals surface area contributed by atoms with Crippen molar-refractivity contribution in [2.45, 2.75) is 32.7 Å². The molecule has 9 nitrogen and oxygen atoms in total. The van der Waals surface area contributed by atoms with Crippen molar-refractivity contribution in [1.82, 2.24) is 14.7 Å². The van der Waals surface area contributed by atoms with E-state index in [2.05, 4.69) is 0 Å². The predicted octanol–water partition coefficient (Wildman–Crippen LogP) is 2.91. The van der Waals surface area contributed by atoms with Crippen LogP contribution in [0.3, 0.4) is 0 Å². The minimum Gasteiger partial charge on any atom is -0.497 e. The molecule has 1 atom stereocenters. The summed E-state index contributed by atoms with van der Waals surface area (Å²) < 4.78 is 10.5. The SMILES string of the molecule is CCC1=C(C(=O)OC)C(c2ccc(OC)cc2)N2C(CC(=O)N3CCN(C(C)=O)CC3)=CSC2=N1. The fourth-order valence-corrected chi connectivity index (χ4v) is 5.49. The van der Waals surface area contributed by atoms with Gasteiger partial charge in [0.2, 0.25) is 11.8 Å². The molecule has 0 aromatic heterocycles. The summed E-state index contributed by atoms with van der Waals surface area (Å²) in [5, 5.41) is 2.67. The summed E-state index contributed by atoms with van der Waals surface area (Å²) >= 11 is 1.45. The molecule has 0 N–H and O–H groups in total. The summed E-state index contributed by atoms with van der Waals surface area (Å²) in [7, 11) is 2.97. The lowest BCUT2D eigenvalue weighted by molar-refractivity contribution is -0.138. The van der Waals surface area contributed by atoms with Gasteiger partial charge in [0, 0.05) is 38.8 Å². The molecule has 35 heavy (non-hydrogen) atoms. The largest absolute Gasteiger partial charge is 0.497 e. The van der Waals surface area contributed by atoms with E-state index in [0.717, 1.165) is 16.4 Å². The second-order valence-electron chi connectivity index (χ2n) is 8.44. The van der Waals surface area contributed by atoms with E-state index in [9.17, 15) is 14.4 Å². The Morgan fingerprint density at radius 3 is 2.29 bits per heavy atom. The number of carbonyl (C=O) groups is 3. The number of nitrogens with zero attached hydrogens (tertiary/aromatic N) is 4. The van der Waals surface area contributed by atoms with Gasteiger partial charge in [0.1, 0.15) is 5.75 Å². The summed E-state index contributed by atoms with van der Waals surface area (Å²) in [6.07, 6.45) is 0.748. The predicted molar refractivity (Wildman–Crippen MR) is 133 cm³/mol. The highest BCUT2D eigenvalue weighted by atomic mass is 32.2. The van der Waals surface area contributed by atoms with Gasteiger partial charge >= 0.3 is 5.97 Å². The van der Waals surface area contributed by atoms with E-state index in [1.165, 1.54) is 18.9 Å². The number of amides is 2. The van der Waals surface area contributed by atoms with Crippen molar-refractivity contribution in [3.63, 3.8) is 0 Å². The first-order valence-electron chi connectivity index (χ1n) is 11.6. The number of hydrogen-bond acceptors (Lipinski definition) is 8. The maximum absolute atomic E-state index is 13.2. The van der Waals surface area contributed by atoms with Crippen LogP contribution in [0, 0.1) is 0 Å². The van der Waals surface area contributed by atoms with Crippen LogP contribution in [0.4, 0.5) is 0 Å². The highest BCUT2D eigenvalue weighted by Crippen LogP contribution is 2.45. The Morgan fingerprint density at radius 2 is 1.71 bits per heavy atom. The smallest absolute Gasteiger partial charge is 0.338 e. The molecule has 4 rings (SSSR count). The van der Waals surface area contributed by atoms with E-state index in [0.29, 0.717) is 49.6 Å². The van der Waals surface area contributed by atoms with E-state index >= 15 is 0 Å². The average molecular weight is 499 g/mol. The molecular weight excluding hydrogens is 468 g/mol. The Balaban J connectivity index is 1.63. The summed E-state index contributed by atoms with van der Waals surface area (Å²) in [5.41, 5.74) is 2.81. The fourth-order valence-electron chi connectivity index (χ4n) is 4.55. The Bertz CT molecular complexity index is 1100. The second kappa shape index (κ2) is 10.6. The lowest BCUT2D eigenvalue weighted by atomic mass is 9.92. The molecule has 2 amide bonds. The van der Waals surface area contributed by atoms with Crippen molar-refractivity contribution >= 4 is 34.7 Å². The Morgan fingerprint density at radius 1 is 1.06 bits per heavy atom. The third kappa shape index (κ3) is 4.93. The number of amidine groups is 1. The van der Waals surface area contributed by atoms with Crippen molar-refractivity contribution in [1.29, 1.82) is 0 Å². The van der Waals surface area contributed by atoms with Crippen LogP contribution in [0.5, 0.6) is 5.75 Å². The maximum Gasteiger partial charge on any atom is 0.338 e. The molecule has 3 aliphatic heterocycles. The number of benzene rings is 1. The summed E-state index contributed by atoms with van der Waals surface area (Å²) in [5.74, 6) is 0.287. The van der Waals surface area contributed by atoms with Gasteiger partial charge in [0.05, 0.1) is 38.0 Å². The number of carbonyl (C=O) groups excluding carboxylic acids is 3. The van der Waals surface area contributed by atoms with Gasteiger partial charge in [-0.1, -0.05) is 30.8 Å². The van der Waals surface area contributed by atoms with Gasteiger partial charge in [-0.05, 0) is 29.5 Å². The van der Waals surface area contributed by atoms with Gasteiger partial charge in [-0.15, -0.1) is 0 Å². The number of esters is 1. The molecule has 186 valence electrons. The molecule has 0 aliphatic carbocycles. The highest BCUT2D eigenvalue weighted by Gasteiger charge is 2.41. The Hall–Kier alpha value is -3.27. The quantitative estimate of drug-likeness (QED) is 0.557. The van der Waals surface area contributed by atoms with Gasteiger partial charge in [-0.3, -0.25) is 9.59 Å². The van der Waals surface area contributed by atoms with Gasteiger partial charge < -0.3 is 24.2 Å². The normalized spacial score (nSPS) is 19.8. The number of methoxy groups -OCH3 is 2. The number of piperazine rings is 1. The van der Waals surface area contributed by atoms with Crippen LogP contribution in [0.2, 0.25) is 0 Å². The minimum absolute atomic E-state index is 0.0142. The van der Waals surface area contributed by atoms with Gasteiger partial charge in [0.15, 0.2) is 5.17 Å². The minimum atomic E-state index is -0.473. The number of allylic oxidation sites excluding steroid dienone is 1. The van der Waals surface area contributed by atoms with Crippen molar-refractivity contribution in [2.24, 2.45) is 4.99 Å². The lowest BCUT2D eigenvalue weighted by Crippen LogP contribution is -2.50. The molecule has 1 aromatic rings. The first-order valence-corrected chi connectivity index (χ1v) is 12.5. The number of hydrogen-bond donors (Lipinski definition) is 0. The van der Waals surface area contributed by atoms with Crippen molar-refractivity contribution in [2.75, 3.05) is 40.4 Å². The van der Waals surface area contributed by atoms with E-state index in [-0.39, 0.29) is 18.2 Å². The van der Waals surface area contributed by atoms with Crippen LogP contribution in [-0.2, 0) is 19.1 Å². The van der Waals surface area contributed by atoms with Crippen LogP contribution in [0.15, 0.2) is 51.6 Å². The molecule has 0 saturated carbocycles. The molecule has 1 saturated heterocycles. The standard InChI is InChI=1S/C25H30N4O5S/c1-5-20-22(24(32)34-4)23(17-6-8-19(33-3)9-7-17)29-18(15-35-25(29)26-20)14-21(31)28-12-10-27(11-13-28)16(2)30/h6-9,15,23H,5,10-14H2,1-4H3. The Labute approximate surface area is 209 Å². The van der Waals surface area contributed by atoms with Crippen LogP contribution in [-0.4, -0.2) is 78.0 Å². The van der Waals surface area contributed by atoms with Crippen LogP contribution < -0.4 is 4.74 Å². The third-order valence-corrected chi connectivity index (χ3v) is 7.36. The molecular formula is C25H30N4O5S. The van der Waals surface area contributed by atoms with Crippen molar-refractivity contribution < 1.29 is 23.9 Å². The molecule has 3 heterocycles. The highest BCUT2D eigenvalue weighted by molar-refractivity contribution is 8.16. The van der Waals surface area contributed by atoms with Crippen LogP contribution in [0.25, 0.3) is 0 Å².